The Kier molecular flexibility index (Phi) is 7.92. The Balaban J connectivity index is 1.62. The van der Waals surface area contributed by atoms with Crippen molar-refractivity contribution in [3.05, 3.63) is 93.5 Å². The van der Waals surface area contributed by atoms with E-state index in [2.05, 4.69) is 5.32 Å². The number of allylic oxidation sites excluding steroid dienone is 1. The van der Waals surface area contributed by atoms with Gasteiger partial charge >= 0.3 is 0 Å². The van der Waals surface area contributed by atoms with Gasteiger partial charge in [0.05, 0.1) is 17.2 Å². The van der Waals surface area contributed by atoms with Crippen LogP contribution in [0.1, 0.15) is 21.5 Å². The van der Waals surface area contributed by atoms with Crippen molar-refractivity contribution >= 4 is 46.7 Å². The predicted molar refractivity (Wildman–Crippen MR) is 128 cm³/mol. The molecule has 0 bridgehead atoms. The van der Waals surface area contributed by atoms with Gasteiger partial charge in [-0.3, -0.25) is 9.59 Å². The first kappa shape index (κ1) is 23.4. The van der Waals surface area contributed by atoms with Crippen LogP contribution in [0.4, 0.5) is 5.69 Å². The first-order valence-electron chi connectivity index (χ1n) is 9.70. The smallest absolute Gasteiger partial charge is 0.262 e. The largest absolute Gasteiger partial charge is 0.493 e. The van der Waals surface area contributed by atoms with Crippen molar-refractivity contribution in [2.75, 3.05) is 19.0 Å². The molecule has 0 aliphatic heterocycles. The zero-order valence-electron chi connectivity index (χ0n) is 17.5. The summed E-state index contributed by atoms with van der Waals surface area (Å²) in [6.45, 7) is 1.80. The minimum absolute atomic E-state index is 0.171. The molecular weight excluding hydrogens is 449 g/mol. The quantitative estimate of drug-likeness (QED) is 0.314. The van der Waals surface area contributed by atoms with E-state index in [0.29, 0.717) is 32.8 Å². The number of benzene rings is 3. The first-order chi connectivity index (χ1) is 15.4. The Morgan fingerprint density at radius 1 is 0.938 bits per heavy atom. The van der Waals surface area contributed by atoms with Gasteiger partial charge in [0.2, 0.25) is 0 Å². The topological polar surface area (TPSA) is 64.6 Å². The molecule has 0 unspecified atom stereocenters. The van der Waals surface area contributed by atoms with Crippen LogP contribution in [0.5, 0.6) is 11.5 Å². The van der Waals surface area contributed by atoms with Crippen LogP contribution in [0.15, 0.2) is 66.7 Å². The summed E-state index contributed by atoms with van der Waals surface area (Å²) < 4.78 is 11.0. The molecule has 0 aromatic heterocycles. The van der Waals surface area contributed by atoms with Gasteiger partial charge in [-0.2, -0.15) is 0 Å². The lowest BCUT2D eigenvalue weighted by molar-refractivity contribution is -0.118. The van der Waals surface area contributed by atoms with Crippen molar-refractivity contribution in [3.63, 3.8) is 0 Å². The fourth-order valence-electron chi connectivity index (χ4n) is 2.80. The molecule has 0 heterocycles. The third kappa shape index (κ3) is 6.36. The monoisotopic (exact) mass is 469 g/mol. The van der Waals surface area contributed by atoms with Gasteiger partial charge in [0.1, 0.15) is 0 Å². The van der Waals surface area contributed by atoms with Gasteiger partial charge in [-0.1, -0.05) is 53.0 Å². The standard InChI is InChI=1S/C25H21Cl2NO4/c1-16-3-8-19(9-4-16)28-25(30)15-32-23-12-6-17(13-24(23)31-2)5-11-22(29)18-7-10-20(26)21(27)14-18/h3-14H,15H2,1-2H3,(H,28,30)/b11-5+. The van der Waals surface area contributed by atoms with Crippen LogP contribution in [0, 0.1) is 6.92 Å². The van der Waals surface area contributed by atoms with Gasteiger partial charge in [0.15, 0.2) is 23.9 Å². The lowest BCUT2D eigenvalue weighted by Crippen LogP contribution is -2.20. The lowest BCUT2D eigenvalue weighted by atomic mass is 10.1. The maximum absolute atomic E-state index is 12.4. The number of carbonyl (C=O) groups excluding carboxylic acids is 2. The fraction of sp³-hybridized carbons (Fsp3) is 0.120. The molecule has 0 radical (unpaired) electrons. The van der Waals surface area contributed by atoms with Gasteiger partial charge < -0.3 is 14.8 Å². The Morgan fingerprint density at radius 2 is 1.69 bits per heavy atom. The number of halogens is 2. The van der Waals surface area contributed by atoms with Crippen LogP contribution in [-0.2, 0) is 4.79 Å². The van der Waals surface area contributed by atoms with Crippen molar-refractivity contribution in [1.29, 1.82) is 0 Å². The first-order valence-corrected chi connectivity index (χ1v) is 10.5. The number of ketones is 1. The molecule has 0 aliphatic carbocycles. The van der Waals surface area contributed by atoms with Gasteiger partial charge in [-0.25, -0.2) is 0 Å². The average Bonchev–Trinajstić information content (AvgIpc) is 2.79. The summed E-state index contributed by atoms with van der Waals surface area (Å²) in [6.07, 6.45) is 3.09. The highest BCUT2D eigenvalue weighted by Crippen LogP contribution is 2.29. The summed E-state index contributed by atoms with van der Waals surface area (Å²) >= 11 is 11.9. The highest BCUT2D eigenvalue weighted by Gasteiger charge is 2.10. The van der Waals surface area contributed by atoms with Gasteiger partial charge in [0, 0.05) is 11.3 Å². The predicted octanol–water partition coefficient (Wildman–Crippen LogP) is 6.22. The zero-order valence-corrected chi connectivity index (χ0v) is 19.0. The molecule has 32 heavy (non-hydrogen) atoms. The summed E-state index contributed by atoms with van der Waals surface area (Å²) in [5.74, 6) is 0.361. The summed E-state index contributed by atoms with van der Waals surface area (Å²) in [7, 11) is 1.50. The highest BCUT2D eigenvalue weighted by molar-refractivity contribution is 6.42. The molecule has 3 aromatic carbocycles. The van der Waals surface area contributed by atoms with E-state index in [9.17, 15) is 9.59 Å². The average molecular weight is 470 g/mol. The molecule has 1 amide bonds. The normalized spacial score (nSPS) is 10.8. The number of methoxy groups -OCH3 is 1. The molecule has 0 spiro atoms. The van der Waals surface area contributed by atoms with Crippen molar-refractivity contribution in [2.45, 2.75) is 6.92 Å². The van der Waals surface area contributed by atoms with Crippen molar-refractivity contribution in [1.82, 2.24) is 0 Å². The zero-order chi connectivity index (χ0) is 23.1. The van der Waals surface area contributed by atoms with Crippen LogP contribution >= 0.6 is 23.2 Å². The maximum atomic E-state index is 12.4. The number of carbonyl (C=O) groups is 2. The molecule has 5 nitrogen and oxygen atoms in total. The number of amides is 1. The number of rotatable bonds is 8. The molecule has 3 aromatic rings. The highest BCUT2D eigenvalue weighted by atomic mass is 35.5. The Hall–Kier alpha value is -3.28. The fourth-order valence-corrected chi connectivity index (χ4v) is 3.10. The van der Waals surface area contributed by atoms with Crippen molar-refractivity contribution < 1.29 is 19.1 Å². The molecular formula is C25H21Cl2NO4. The number of hydrogen-bond acceptors (Lipinski definition) is 4. The van der Waals surface area contributed by atoms with E-state index in [-0.39, 0.29) is 18.3 Å². The number of anilines is 1. The third-order valence-electron chi connectivity index (χ3n) is 4.51. The minimum Gasteiger partial charge on any atom is -0.493 e. The minimum atomic E-state index is -0.285. The second-order valence-corrected chi connectivity index (χ2v) is 7.75. The molecule has 0 saturated heterocycles. The molecule has 0 saturated carbocycles. The third-order valence-corrected chi connectivity index (χ3v) is 5.25. The molecule has 1 N–H and O–H groups in total. The lowest BCUT2D eigenvalue weighted by Gasteiger charge is -2.11. The van der Waals surface area contributed by atoms with Gasteiger partial charge in [-0.15, -0.1) is 0 Å². The number of aryl methyl sites for hydroxylation is 1. The van der Waals surface area contributed by atoms with E-state index < -0.39 is 0 Å². The molecule has 0 fully saturated rings. The molecule has 3 rings (SSSR count). The Labute approximate surface area is 196 Å². The summed E-state index contributed by atoms with van der Waals surface area (Å²) in [5, 5.41) is 3.48. The number of hydrogen-bond donors (Lipinski definition) is 1. The van der Waals surface area contributed by atoms with Crippen molar-refractivity contribution in [3.8, 4) is 11.5 Å². The summed E-state index contributed by atoms with van der Waals surface area (Å²) in [4.78, 5) is 24.5. The van der Waals surface area contributed by atoms with Crippen LogP contribution < -0.4 is 14.8 Å². The molecule has 7 heteroatoms. The summed E-state index contributed by atoms with van der Waals surface area (Å²) in [5.41, 5.74) is 2.97. The molecule has 164 valence electrons. The summed E-state index contributed by atoms with van der Waals surface area (Å²) in [6, 6.07) is 17.4. The van der Waals surface area contributed by atoms with Crippen LogP contribution in [0.2, 0.25) is 10.0 Å². The Bertz CT molecular complexity index is 1160. The van der Waals surface area contributed by atoms with E-state index in [0.717, 1.165) is 11.1 Å². The molecule has 0 atom stereocenters. The van der Waals surface area contributed by atoms with Crippen LogP contribution in [-0.4, -0.2) is 25.4 Å². The van der Waals surface area contributed by atoms with Crippen molar-refractivity contribution in [2.24, 2.45) is 0 Å². The van der Waals surface area contributed by atoms with E-state index in [4.69, 9.17) is 32.7 Å². The van der Waals surface area contributed by atoms with Crippen LogP contribution in [0.3, 0.4) is 0 Å². The van der Waals surface area contributed by atoms with Crippen LogP contribution in [0.25, 0.3) is 6.08 Å². The number of ether oxygens (including phenoxy) is 2. The maximum Gasteiger partial charge on any atom is 0.262 e. The van der Waals surface area contributed by atoms with E-state index in [1.165, 1.54) is 19.3 Å². The SMILES string of the molecule is COc1cc(/C=C/C(=O)c2ccc(Cl)c(Cl)c2)ccc1OCC(=O)Nc1ccc(C)cc1. The van der Waals surface area contributed by atoms with E-state index in [1.807, 2.05) is 31.2 Å². The molecule has 0 aliphatic rings. The van der Waals surface area contributed by atoms with Gasteiger partial charge in [0.25, 0.3) is 5.91 Å². The van der Waals surface area contributed by atoms with E-state index >= 15 is 0 Å². The second kappa shape index (κ2) is 10.8. The second-order valence-electron chi connectivity index (χ2n) is 6.94. The Morgan fingerprint density at radius 3 is 2.38 bits per heavy atom. The van der Waals surface area contributed by atoms with Gasteiger partial charge in [-0.05, 0) is 61.0 Å². The van der Waals surface area contributed by atoms with E-state index in [1.54, 1.807) is 36.4 Å². The number of nitrogens with one attached hydrogen (secondary N) is 1.